The number of benzene rings is 3. The number of likely N-dealkylation sites (N-methyl/N-ethyl adjacent to an activating group) is 1. The predicted octanol–water partition coefficient (Wildman–Crippen LogP) is 5.89. The first-order valence-corrected chi connectivity index (χ1v) is 14.3. The summed E-state index contributed by atoms with van der Waals surface area (Å²) in [6.07, 6.45) is -0.878. The Balaban J connectivity index is 1.18. The first-order chi connectivity index (χ1) is 20.6. The van der Waals surface area contributed by atoms with Crippen molar-refractivity contribution in [3.8, 4) is 0 Å². The summed E-state index contributed by atoms with van der Waals surface area (Å²) < 4.78 is 39.5. The van der Waals surface area contributed by atoms with Crippen molar-refractivity contribution in [1.82, 2.24) is 25.7 Å². The minimum atomic E-state index is -4.64. The third-order valence-electron chi connectivity index (χ3n) is 7.84. The summed E-state index contributed by atoms with van der Waals surface area (Å²) in [7, 11) is 0. The molecular weight excluding hydrogens is 581 g/mol. The Hall–Kier alpha value is -4.26. The van der Waals surface area contributed by atoms with Crippen LogP contribution in [0.3, 0.4) is 0 Å². The van der Waals surface area contributed by atoms with Crippen LogP contribution >= 0.6 is 11.6 Å². The number of alkyl halides is 3. The summed E-state index contributed by atoms with van der Waals surface area (Å²) in [6, 6.07) is 15.9. The molecule has 13 heteroatoms. The van der Waals surface area contributed by atoms with Gasteiger partial charge >= 0.3 is 12.2 Å². The van der Waals surface area contributed by atoms with E-state index in [1.807, 2.05) is 24.3 Å². The van der Waals surface area contributed by atoms with E-state index in [1.54, 1.807) is 18.3 Å². The van der Waals surface area contributed by atoms with Gasteiger partial charge in [0.15, 0.2) is 0 Å². The Labute approximate surface area is 251 Å². The van der Waals surface area contributed by atoms with Crippen molar-refractivity contribution in [3.63, 3.8) is 0 Å². The van der Waals surface area contributed by atoms with Gasteiger partial charge in [-0.05, 0) is 66.7 Å². The van der Waals surface area contributed by atoms with Crippen LogP contribution in [0.1, 0.15) is 23.9 Å². The molecule has 1 saturated heterocycles. The highest BCUT2D eigenvalue weighted by Crippen LogP contribution is 2.37. The molecule has 3 aromatic carbocycles. The van der Waals surface area contributed by atoms with Crippen molar-refractivity contribution < 1.29 is 18.0 Å². The fourth-order valence-electron chi connectivity index (χ4n) is 5.44. The number of carbonyl (C=O) groups is 1. The number of aromatic amines is 1. The fraction of sp³-hybridized carbons (Fsp3) is 0.267. The second kappa shape index (κ2) is 11.4. The topological polar surface area (TPSA) is 100 Å². The van der Waals surface area contributed by atoms with E-state index >= 15 is 0 Å². The lowest BCUT2D eigenvalue weighted by molar-refractivity contribution is -0.137. The molecular formula is C30H30ClF3N8O. The molecule has 1 atom stereocenters. The first kappa shape index (κ1) is 28.8. The molecule has 0 radical (unpaired) electrons. The van der Waals surface area contributed by atoms with E-state index in [2.05, 4.69) is 55.3 Å². The number of aromatic nitrogens is 2. The molecule has 43 heavy (non-hydrogen) atoms. The Morgan fingerprint density at radius 2 is 1.72 bits per heavy atom. The fourth-order valence-corrected chi connectivity index (χ4v) is 5.67. The van der Waals surface area contributed by atoms with Crippen LogP contribution in [0.15, 0.2) is 72.9 Å². The van der Waals surface area contributed by atoms with Crippen LogP contribution in [0, 0.1) is 0 Å². The number of urea groups is 1. The zero-order valence-corrected chi connectivity index (χ0v) is 24.0. The molecule has 3 heterocycles. The van der Waals surface area contributed by atoms with Crippen LogP contribution < -0.4 is 26.4 Å². The number of fused-ring (bicyclic) bond motifs is 1. The molecule has 2 aliphatic rings. The Kier molecular flexibility index (Phi) is 7.67. The van der Waals surface area contributed by atoms with Gasteiger partial charge in [0, 0.05) is 49.4 Å². The molecule has 5 N–H and O–H groups in total. The molecule has 4 aromatic rings. The number of hydrogen-bond acceptors (Lipinski definition) is 6. The normalized spacial score (nSPS) is 19.0. The summed E-state index contributed by atoms with van der Waals surface area (Å²) in [5.41, 5.74) is 8.71. The first-order valence-electron chi connectivity index (χ1n) is 13.9. The van der Waals surface area contributed by atoms with E-state index < -0.39 is 28.3 Å². The smallest absolute Gasteiger partial charge is 0.369 e. The SMILES string of the molecule is CCN1CCN(c2ccc3nc(C4(c5ccc(NC(=O)Nc6ccc(Cl)c(C(F)(F)F)c6)cc5)C=CNN4)[nH]c3c2)CC1. The number of nitrogens with one attached hydrogen (secondary N) is 5. The third-order valence-corrected chi connectivity index (χ3v) is 8.17. The number of hydrogen-bond donors (Lipinski definition) is 5. The van der Waals surface area contributed by atoms with E-state index in [0.717, 1.165) is 67.1 Å². The van der Waals surface area contributed by atoms with Crippen LogP contribution in [0.4, 0.5) is 35.0 Å². The van der Waals surface area contributed by atoms with Gasteiger partial charge in [-0.3, -0.25) is 0 Å². The highest BCUT2D eigenvalue weighted by molar-refractivity contribution is 6.31. The van der Waals surface area contributed by atoms with Crippen LogP contribution in [0.5, 0.6) is 0 Å². The summed E-state index contributed by atoms with van der Waals surface area (Å²) in [5, 5.41) is 4.63. The van der Waals surface area contributed by atoms with E-state index in [1.165, 1.54) is 6.07 Å². The zero-order chi connectivity index (χ0) is 30.2. The van der Waals surface area contributed by atoms with Gasteiger partial charge in [0.1, 0.15) is 11.4 Å². The number of imidazole rings is 1. The molecule has 0 spiro atoms. The Morgan fingerprint density at radius 1 is 1.00 bits per heavy atom. The van der Waals surface area contributed by atoms with E-state index in [9.17, 15) is 18.0 Å². The third kappa shape index (κ3) is 5.85. The number of piperazine rings is 1. The maximum atomic E-state index is 13.2. The van der Waals surface area contributed by atoms with Crippen molar-refractivity contribution in [1.29, 1.82) is 0 Å². The lowest BCUT2D eigenvalue weighted by Crippen LogP contribution is -2.46. The van der Waals surface area contributed by atoms with Gasteiger partial charge in [-0.1, -0.05) is 30.7 Å². The highest BCUT2D eigenvalue weighted by atomic mass is 35.5. The molecule has 1 unspecified atom stereocenters. The number of rotatable bonds is 6. The van der Waals surface area contributed by atoms with Gasteiger partial charge in [-0.15, -0.1) is 0 Å². The molecule has 0 bridgehead atoms. The Morgan fingerprint density at radius 3 is 2.40 bits per heavy atom. The molecule has 1 fully saturated rings. The molecule has 1 aromatic heterocycles. The van der Waals surface area contributed by atoms with E-state index in [-0.39, 0.29) is 5.69 Å². The summed E-state index contributed by atoms with van der Waals surface area (Å²) in [6.45, 7) is 7.29. The minimum absolute atomic E-state index is 0.0348. The second-order valence-electron chi connectivity index (χ2n) is 10.5. The van der Waals surface area contributed by atoms with Gasteiger partial charge in [-0.2, -0.15) is 13.2 Å². The largest absolute Gasteiger partial charge is 0.417 e. The van der Waals surface area contributed by atoms with Crippen molar-refractivity contribution >= 4 is 45.7 Å². The zero-order valence-electron chi connectivity index (χ0n) is 23.2. The highest BCUT2D eigenvalue weighted by Gasteiger charge is 2.37. The number of H-pyrrole nitrogens is 1. The van der Waals surface area contributed by atoms with Crippen molar-refractivity contribution in [3.05, 3.63) is 94.9 Å². The van der Waals surface area contributed by atoms with Crippen molar-refractivity contribution in [2.75, 3.05) is 48.3 Å². The minimum Gasteiger partial charge on any atom is -0.369 e. The number of halogens is 4. The molecule has 2 aliphatic heterocycles. The molecule has 9 nitrogen and oxygen atoms in total. The van der Waals surface area contributed by atoms with Gasteiger partial charge in [0.25, 0.3) is 0 Å². The number of hydrazine groups is 1. The number of anilines is 3. The monoisotopic (exact) mass is 610 g/mol. The van der Waals surface area contributed by atoms with Gasteiger partial charge in [0.2, 0.25) is 0 Å². The summed E-state index contributed by atoms with van der Waals surface area (Å²) >= 11 is 5.67. The summed E-state index contributed by atoms with van der Waals surface area (Å²) in [4.78, 5) is 25.8. The van der Waals surface area contributed by atoms with Gasteiger partial charge in [0.05, 0.1) is 21.6 Å². The van der Waals surface area contributed by atoms with Crippen molar-refractivity contribution in [2.45, 2.75) is 18.6 Å². The average molecular weight is 611 g/mol. The molecule has 0 saturated carbocycles. The maximum Gasteiger partial charge on any atom is 0.417 e. The molecule has 0 aliphatic carbocycles. The number of amides is 2. The van der Waals surface area contributed by atoms with Gasteiger partial charge in [-0.25, -0.2) is 15.2 Å². The quantitative estimate of drug-likeness (QED) is 0.187. The van der Waals surface area contributed by atoms with Crippen LogP contribution in [-0.4, -0.2) is 53.6 Å². The van der Waals surface area contributed by atoms with E-state index in [0.29, 0.717) is 11.5 Å². The predicted molar refractivity (Wildman–Crippen MR) is 162 cm³/mol. The summed E-state index contributed by atoms with van der Waals surface area (Å²) in [5.74, 6) is 0.693. The molecule has 6 rings (SSSR count). The lowest BCUT2D eigenvalue weighted by atomic mass is 9.90. The van der Waals surface area contributed by atoms with Crippen LogP contribution in [0.25, 0.3) is 11.0 Å². The van der Waals surface area contributed by atoms with Crippen molar-refractivity contribution in [2.24, 2.45) is 0 Å². The molecule has 2 amide bonds. The molecule has 224 valence electrons. The number of carbonyl (C=O) groups excluding carboxylic acids is 1. The van der Waals surface area contributed by atoms with Crippen LogP contribution in [-0.2, 0) is 11.7 Å². The van der Waals surface area contributed by atoms with Gasteiger partial charge < -0.3 is 30.8 Å². The van der Waals surface area contributed by atoms with Crippen LogP contribution in [0.2, 0.25) is 5.02 Å². The standard InChI is InChI=1S/C30H30ClF3N8O/c1-2-41-13-15-42(16-14-41)22-8-10-25-26(18-22)39-27(38-25)29(11-12-35-40-29)19-3-5-20(6-4-19)36-28(43)37-21-7-9-24(31)23(17-21)30(32,33)34/h3-12,17-18,35,40H,2,13-16H2,1H3,(H,38,39)(H2,36,37,43). The van der Waals surface area contributed by atoms with E-state index in [4.69, 9.17) is 16.6 Å². The number of nitrogens with zero attached hydrogens (tertiary/aromatic N) is 3. The average Bonchev–Trinajstić information content (AvgIpc) is 3.66. The maximum absolute atomic E-state index is 13.2. The second-order valence-corrected chi connectivity index (χ2v) is 10.9. The lowest BCUT2D eigenvalue weighted by Gasteiger charge is -2.35. The Bertz CT molecular complexity index is 1660.